The summed E-state index contributed by atoms with van der Waals surface area (Å²) in [6.45, 7) is 0. The maximum atomic E-state index is 9.48. The zero-order valence-electron chi connectivity index (χ0n) is 7.70. The second-order valence-corrected chi connectivity index (χ2v) is 4.28. The number of rotatable bonds is 0. The summed E-state index contributed by atoms with van der Waals surface area (Å²) in [5, 5.41) is 12.6. The summed E-state index contributed by atoms with van der Waals surface area (Å²) in [6.07, 6.45) is 1.67. The zero-order valence-corrected chi connectivity index (χ0v) is 9.28. The molecule has 74 valence electrons. The number of hydrogen-bond donors (Lipinski definition) is 1. The van der Waals surface area contributed by atoms with Crippen molar-refractivity contribution in [3.8, 4) is 5.75 Å². The van der Waals surface area contributed by atoms with E-state index in [1.807, 2.05) is 18.2 Å². The summed E-state index contributed by atoms with van der Waals surface area (Å²) in [5.74, 6) is 0.261. The van der Waals surface area contributed by atoms with Gasteiger partial charge in [-0.15, -0.1) is 0 Å². The third-order valence-corrected chi connectivity index (χ3v) is 3.11. The second kappa shape index (κ2) is 3.00. The first kappa shape index (κ1) is 8.80. The highest BCUT2D eigenvalue weighted by Gasteiger charge is 2.07. The van der Waals surface area contributed by atoms with E-state index in [2.05, 4.69) is 15.9 Å². The predicted molar refractivity (Wildman–Crippen MR) is 63.1 cm³/mol. The van der Waals surface area contributed by atoms with Gasteiger partial charge in [-0.05, 0) is 45.6 Å². The molecule has 1 heterocycles. The Kier molecular flexibility index (Phi) is 1.76. The molecule has 0 atom stereocenters. The summed E-state index contributed by atoms with van der Waals surface area (Å²) in [7, 11) is 0. The minimum atomic E-state index is 0.261. The van der Waals surface area contributed by atoms with E-state index in [1.54, 1.807) is 18.4 Å². The SMILES string of the molecule is Oc1cc(Br)c2c(ccc3occc32)c1. The van der Waals surface area contributed by atoms with E-state index >= 15 is 0 Å². The minimum absolute atomic E-state index is 0.261. The highest BCUT2D eigenvalue weighted by atomic mass is 79.9. The van der Waals surface area contributed by atoms with Gasteiger partial charge < -0.3 is 9.52 Å². The Morgan fingerprint density at radius 3 is 2.87 bits per heavy atom. The fourth-order valence-electron chi connectivity index (χ4n) is 1.85. The third kappa shape index (κ3) is 1.23. The Morgan fingerprint density at radius 2 is 2.00 bits per heavy atom. The highest BCUT2D eigenvalue weighted by molar-refractivity contribution is 9.10. The van der Waals surface area contributed by atoms with Gasteiger partial charge in [0, 0.05) is 15.2 Å². The lowest BCUT2D eigenvalue weighted by molar-refractivity contribution is 0.476. The van der Waals surface area contributed by atoms with E-state index in [0.29, 0.717) is 0 Å². The van der Waals surface area contributed by atoms with E-state index in [1.165, 1.54) is 0 Å². The number of benzene rings is 2. The Balaban J connectivity index is 2.62. The van der Waals surface area contributed by atoms with Gasteiger partial charge in [0.15, 0.2) is 0 Å². The molecular weight excluding hydrogens is 256 g/mol. The van der Waals surface area contributed by atoms with Crippen LogP contribution in [0.3, 0.4) is 0 Å². The van der Waals surface area contributed by atoms with Crippen LogP contribution in [0.25, 0.3) is 21.7 Å². The van der Waals surface area contributed by atoms with Gasteiger partial charge in [0.25, 0.3) is 0 Å². The van der Waals surface area contributed by atoms with Crippen molar-refractivity contribution in [2.45, 2.75) is 0 Å². The molecule has 0 bridgehead atoms. The molecular formula is C12H7BrO2. The van der Waals surface area contributed by atoms with E-state index in [-0.39, 0.29) is 5.75 Å². The Bertz CT molecular complexity index is 655. The summed E-state index contributed by atoms with van der Waals surface area (Å²) < 4.78 is 6.21. The first-order valence-electron chi connectivity index (χ1n) is 4.54. The fourth-order valence-corrected chi connectivity index (χ4v) is 2.53. The van der Waals surface area contributed by atoms with Gasteiger partial charge in [0.2, 0.25) is 0 Å². The molecule has 1 aromatic heterocycles. The molecule has 3 rings (SSSR count). The van der Waals surface area contributed by atoms with Crippen LogP contribution in [-0.4, -0.2) is 5.11 Å². The molecule has 0 amide bonds. The molecule has 3 heteroatoms. The van der Waals surface area contributed by atoms with E-state index in [9.17, 15) is 5.11 Å². The topological polar surface area (TPSA) is 33.4 Å². The molecule has 0 aliphatic carbocycles. The molecule has 2 nitrogen and oxygen atoms in total. The summed E-state index contributed by atoms with van der Waals surface area (Å²) in [6, 6.07) is 9.20. The predicted octanol–water partition coefficient (Wildman–Crippen LogP) is 4.05. The lowest BCUT2D eigenvalue weighted by Crippen LogP contribution is -1.76. The number of phenolic OH excluding ortho intramolecular Hbond substituents is 1. The maximum Gasteiger partial charge on any atom is 0.134 e. The van der Waals surface area contributed by atoms with Crippen molar-refractivity contribution in [1.29, 1.82) is 0 Å². The van der Waals surface area contributed by atoms with Gasteiger partial charge in [0.05, 0.1) is 6.26 Å². The van der Waals surface area contributed by atoms with Crippen LogP contribution in [-0.2, 0) is 0 Å². The van der Waals surface area contributed by atoms with Crippen molar-refractivity contribution in [3.63, 3.8) is 0 Å². The third-order valence-electron chi connectivity index (χ3n) is 2.48. The van der Waals surface area contributed by atoms with Gasteiger partial charge in [-0.2, -0.15) is 0 Å². The first-order chi connectivity index (χ1) is 7.25. The van der Waals surface area contributed by atoms with Crippen LogP contribution < -0.4 is 0 Å². The minimum Gasteiger partial charge on any atom is -0.508 e. The van der Waals surface area contributed by atoms with Crippen LogP contribution in [0.5, 0.6) is 5.75 Å². The van der Waals surface area contributed by atoms with Crippen LogP contribution >= 0.6 is 15.9 Å². The van der Waals surface area contributed by atoms with Crippen molar-refractivity contribution in [2.24, 2.45) is 0 Å². The number of aromatic hydroxyl groups is 1. The molecule has 1 N–H and O–H groups in total. The number of phenols is 1. The van der Waals surface area contributed by atoms with Crippen molar-refractivity contribution in [2.75, 3.05) is 0 Å². The molecule has 15 heavy (non-hydrogen) atoms. The molecule has 0 unspecified atom stereocenters. The lowest BCUT2D eigenvalue weighted by atomic mass is 10.1. The molecule has 3 aromatic rings. The molecule has 0 aliphatic rings. The van der Waals surface area contributed by atoms with Crippen molar-refractivity contribution < 1.29 is 9.52 Å². The van der Waals surface area contributed by atoms with Crippen LogP contribution in [0, 0.1) is 0 Å². The van der Waals surface area contributed by atoms with Crippen molar-refractivity contribution in [1.82, 2.24) is 0 Å². The van der Waals surface area contributed by atoms with Gasteiger partial charge >= 0.3 is 0 Å². The standard InChI is InChI=1S/C12H7BrO2/c13-10-6-8(14)5-7-1-2-11-9(12(7)10)3-4-15-11/h1-6,14H. The molecule has 2 aromatic carbocycles. The monoisotopic (exact) mass is 262 g/mol. The molecule has 0 aliphatic heterocycles. The van der Waals surface area contributed by atoms with Gasteiger partial charge in [-0.25, -0.2) is 0 Å². The number of halogens is 1. The normalized spacial score (nSPS) is 11.3. The van der Waals surface area contributed by atoms with Gasteiger partial charge in [-0.1, -0.05) is 6.07 Å². The van der Waals surface area contributed by atoms with Crippen LogP contribution in [0.15, 0.2) is 45.5 Å². The highest BCUT2D eigenvalue weighted by Crippen LogP contribution is 2.34. The zero-order chi connectivity index (χ0) is 10.4. The van der Waals surface area contributed by atoms with Crippen molar-refractivity contribution in [3.05, 3.63) is 41.1 Å². The Hall–Kier alpha value is -1.48. The molecule has 0 radical (unpaired) electrons. The average Bonchev–Trinajstić information content (AvgIpc) is 2.63. The smallest absolute Gasteiger partial charge is 0.134 e. The number of furan rings is 1. The molecule has 0 fully saturated rings. The fraction of sp³-hybridized carbons (Fsp3) is 0. The quantitative estimate of drug-likeness (QED) is 0.663. The van der Waals surface area contributed by atoms with E-state index in [4.69, 9.17) is 4.42 Å². The van der Waals surface area contributed by atoms with Crippen LogP contribution in [0.2, 0.25) is 0 Å². The van der Waals surface area contributed by atoms with Crippen molar-refractivity contribution >= 4 is 37.7 Å². The van der Waals surface area contributed by atoms with Crippen LogP contribution in [0.4, 0.5) is 0 Å². The van der Waals surface area contributed by atoms with Gasteiger partial charge in [-0.3, -0.25) is 0 Å². The molecule has 0 spiro atoms. The largest absolute Gasteiger partial charge is 0.508 e. The summed E-state index contributed by atoms with van der Waals surface area (Å²) in [5.41, 5.74) is 0.855. The number of hydrogen-bond acceptors (Lipinski definition) is 2. The lowest BCUT2D eigenvalue weighted by Gasteiger charge is -2.03. The van der Waals surface area contributed by atoms with E-state index < -0.39 is 0 Å². The summed E-state index contributed by atoms with van der Waals surface area (Å²) in [4.78, 5) is 0. The number of fused-ring (bicyclic) bond motifs is 3. The second-order valence-electron chi connectivity index (χ2n) is 3.42. The molecule has 0 saturated carbocycles. The maximum absolute atomic E-state index is 9.48. The first-order valence-corrected chi connectivity index (χ1v) is 5.33. The Labute approximate surface area is 94.3 Å². The Morgan fingerprint density at radius 1 is 1.13 bits per heavy atom. The van der Waals surface area contributed by atoms with Crippen LogP contribution in [0.1, 0.15) is 0 Å². The summed E-state index contributed by atoms with van der Waals surface area (Å²) >= 11 is 3.45. The average molecular weight is 263 g/mol. The molecule has 0 saturated heterocycles. The van der Waals surface area contributed by atoms with Gasteiger partial charge in [0.1, 0.15) is 11.3 Å². The van der Waals surface area contributed by atoms with E-state index in [0.717, 1.165) is 26.2 Å².